The van der Waals surface area contributed by atoms with Crippen LogP contribution in [0.3, 0.4) is 0 Å². The minimum atomic E-state index is 0.769. The number of benzene rings is 1. The summed E-state index contributed by atoms with van der Waals surface area (Å²) < 4.78 is 1.95. The molecular weight excluding hydrogens is 186 g/mol. The van der Waals surface area contributed by atoms with Crippen LogP contribution in [0, 0.1) is 0 Å². The van der Waals surface area contributed by atoms with Gasteiger partial charge in [-0.1, -0.05) is 18.2 Å². The summed E-state index contributed by atoms with van der Waals surface area (Å²) in [7, 11) is 1.99. The van der Waals surface area contributed by atoms with Gasteiger partial charge in [-0.25, -0.2) is 0 Å². The van der Waals surface area contributed by atoms with Gasteiger partial charge >= 0.3 is 0 Å². The maximum atomic E-state index is 5.48. The fraction of sp³-hybridized carbons (Fsp3) is 0.417. The Labute approximate surface area is 89.9 Å². The second-order valence-electron chi connectivity index (χ2n) is 3.83. The van der Waals surface area contributed by atoms with Gasteiger partial charge in [0.1, 0.15) is 0 Å². The zero-order valence-corrected chi connectivity index (χ0v) is 9.11. The highest BCUT2D eigenvalue weighted by Crippen LogP contribution is 2.18. The fourth-order valence-corrected chi connectivity index (χ4v) is 1.91. The van der Waals surface area contributed by atoms with E-state index in [4.69, 9.17) is 5.73 Å². The van der Waals surface area contributed by atoms with Gasteiger partial charge in [-0.05, 0) is 31.9 Å². The van der Waals surface area contributed by atoms with Gasteiger partial charge in [0, 0.05) is 12.4 Å². The van der Waals surface area contributed by atoms with E-state index in [0.717, 1.165) is 25.8 Å². The molecule has 0 aliphatic carbocycles. The molecule has 0 fully saturated rings. The normalized spacial score (nSPS) is 11.1. The van der Waals surface area contributed by atoms with E-state index in [2.05, 4.69) is 23.3 Å². The van der Waals surface area contributed by atoms with Crippen LogP contribution in [0.1, 0.15) is 18.5 Å². The van der Waals surface area contributed by atoms with E-state index in [1.807, 2.05) is 17.8 Å². The zero-order valence-electron chi connectivity index (χ0n) is 9.11. The molecule has 2 aromatic rings. The first-order valence-corrected chi connectivity index (χ1v) is 5.43. The van der Waals surface area contributed by atoms with Crippen LogP contribution in [0.15, 0.2) is 24.3 Å². The Morgan fingerprint density at radius 3 is 2.87 bits per heavy atom. The largest absolute Gasteiger partial charge is 0.330 e. The average Bonchev–Trinajstić information content (AvgIpc) is 2.58. The molecule has 1 aromatic carbocycles. The first-order valence-electron chi connectivity index (χ1n) is 5.43. The zero-order chi connectivity index (χ0) is 10.7. The highest BCUT2D eigenvalue weighted by Gasteiger charge is 2.06. The van der Waals surface area contributed by atoms with Crippen LogP contribution in [0.25, 0.3) is 10.9 Å². The number of aryl methyl sites for hydroxylation is 2. The molecule has 1 heterocycles. The molecule has 0 saturated heterocycles. The first kappa shape index (κ1) is 10.2. The first-order chi connectivity index (χ1) is 7.33. The Balaban J connectivity index is 2.27. The number of aromatic nitrogens is 2. The smallest absolute Gasteiger partial charge is 0.0703 e. The lowest BCUT2D eigenvalue weighted by Gasteiger charge is -1.95. The molecule has 0 aliphatic heterocycles. The summed E-state index contributed by atoms with van der Waals surface area (Å²) in [5.41, 5.74) is 7.89. The number of para-hydroxylation sites is 1. The molecule has 3 nitrogen and oxygen atoms in total. The van der Waals surface area contributed by atoms with Crippen LogP contribution < -0.4 is 5.73 Å². The van der Waals surface area contributed by atoms with Crippen molar-refractivity contribution in [2.75, 3.05) is 6.54 Å². The molecule has 0 unspecified atom stereocenters. The molecular formula is C12H17N3. The Bertz CT molecular complexity index is 445. The second-order valence-corrected chi connectivity index (χ2v) is 3.83. The second kappa shape index (κ2) is 4.45. The van der Waals surface area contributed by atoms with Crippen LogP contribution >= 0.6 is 0 Å². The van der Waals surface area contributed by atoms with Crippen LogP contribution in [-0.2, 0) is 13.5 Å². The van der Waals surface area contributed by atoms with Gasteiger partial charge in [0.15, 0.2) is 0 Å². The van der Waals surface area contributed by atoms with E-state index in [1.54, 1.807) is 0 Å². The number of rotatable bonds is 4. The molecule has 0 atom stereocenters. The lowest BCUT2D eigenvalue weighted by molar-refractivity contribution is 0.705. The maximum absolute atomic E-state index is 5.48. The highest BCUT2D eigenvalue weighted by molar-refractivity contribution is 5.81. The molecule has 0 amide bonds. The fourth-order valence-electron chi connectivity index (χ4n) is 1.91. The van der Waals surface area contributed by atoms with E-state index in [9.17, 15) is 0 Å². The SMILES string of the molecule is Cn1nc(CCCCN)c2ccccc21. The number of nitrogens with zero attached hydrogens (tertiary/aromatic N) is 2. The van der Waals surface area contributed by atoms with Crippen molar-refractivity contribution in [2.24, 2.45) is 12.8 Å². The summed E-state index contributed by atoms with van der Waals surface area (Å²) in [6.07, 6.45) is 3.22. The summed E-state index contributed by atoms with van der Waals surface area (Å²) in [5.74, 6) is 0. The number of fused-ring (bicyclic) bond motifs is 1. The van der Waals surface area contributed by atoms with Gasteiger partial charge in [0.2, 0.25) is 0 Å². The minimum Gasteiger partial charge on any atom is -0.330 e. The van der Waals surface area contributed by atoms with Crippen molar-refractivity contribution in [1.82, 2.24) is 9.78 Å². The van der Waals surface area contributed by atoms with Gasteiger partial charge in [0.05, 0.1) is 11.2 Å². The molecule has 80 valence electrons. The summed E-state index contributed by atoms with van der Waals surface area (Å²) in [5, 5.41) is 5.81. The van der Waals surface area contributed by atoms with E-state index in [-0.39, 0.29) is 0 Å². The van der Waals surface area contributed by atoms with Crippen LogP contribution in [0.4, 0.5) is 0 Å². The molecule has 0 aliphatic rings. The van der Waals surface area contributed by atoms with Crippen molar-refractivity contribution in [1.29, 1.82) is 0 Å². The topological polar surface area (TPSA) is 43.8 Å². The van der Waals surface area contributed by atoms with Gasteiger partial charge < -0.3 is 5.73 Å². The monoisotopic (exact) mass is 203 g/mol. The summed E-state index contributed by atoms with van der Waals surface area (Å²) >= 11 is 0. The van der Waals surface area contributed by atoms with E-state index >= 15 is 0 Å². The predicted molar refractivity (Wildman–Crippen MR) is 62.7 cm³/mol. The lowest BCUT2D eigenvalue weighted by atomic mass is 10.1. The highest BCUT2D eigenvalue weighted by atomic mass is 15.3. The molecule has 0 bridgehead atoms. The quantitative estimate of drug-likeness (QED) is 0.771. The summed E-state index contributed by atoms with van der Waals surface area (Å²) in [6, 6.07) is 8.36. The summed E-state index contributed by atoms with van der Waals surface area (Å²) in [4.78, 5) is 0. The van der Waals surface area contributed by atoms with Crippen molar-refractivity contribution in [3.05, 3.63) is 30.0 Å². The van der Waals surface area contributed by atoms with Crippen LogP contribution in [-0.4, -0.2) is 16.3 Å². The number of unbranched alkanes of at least 4 members (excludes halogenated alkanes) is 1. The Morgan fingerprint density at radius 1 is 1.27 bits per heavy atom. The van der Waals surface area contributed by atoms with Crippen molar-refractivity contribution >= 4 is 10.9 Å². The molecule has 0 saturated carbocycles. The predicted octanol–water partition coefficient (Wildman–Crippen LogP) is 1.85. The van der Waals surface area contributed by atoms with E-state index in [1.165, 1.54) is 16.6 Å². The van der Waals surface area contributed by atoms with Crippen molar-refractivity contribution in [2.45, 2.75) is 19.3 Å². The molecule has 3 heteroatoms. The molecule has 15 heavy (non-hydrogen) atoms. The molecule has 2 rings (SSSR count). The minimum absolute atomic E-state index is 0.769. The Hall–Kier alpha value is -1.35. The van der Waals surface area contributed by atoms with Gasteiger partial charge in [-0.3, -0.25) is 4.68 Å². The standard InChI is InChI=1S/C12H17N3/c1-15-12-8-3-2-6-10(12)11(14-15)7-4-5-9-13/h2-3,6,8H,4-5,7,9,13H2,1H3. The maximum Gasteiger partial charge on any atom is 0.0703 e. The number of hydrogen-bond donors (Lipinski definition) is 1. The molecule has 0 spiro atoms. The van der Waals surface area contributed by atoms with E-state index in [0.29, 0.717) is 0 Å². The molecule has 1 aromatic heterocycles. The van der Waals surface area contributed by atoms with Gasteiger partial charge in [-0.15, -0.1) is 0 Å². The van der Waals surface area contributed by atoms with Crippen molar-refractivity contribution in [3.63, 3.8) is 0 Å². The molecule has 2 N–H and O–H groups in total. The third kappa shape index (κ3) is 2.02. The average molecular weight is 203 g/mol. The number of nitrogens with two attached hydrogens (primary N) is 1. The third-order valence-electron chi connectivity index (χ3n) is 2.70. The molecule has 0 radical (unpaired) electrons. The third-order valence-corrected chi connectivity index (χ3v) is 2.70. The van der Waals surface area contributed by atoms with E-state index < -0.39 is 0 Å². The lowest BCUT2D eigenvalue weighted by Crippen LogP contribution is -1.99. The van der Waals surface area contributed by atoms with Gasteiger partial charge in [0.25, 0.3) is 0 Å². The Morgan fingerprint density at radius 2 is 2.07 bits per heavy atom. The van der Waals surface area contributed by atoms with Crippen LogP contribution in [0.5, 0.6) is 0 Å². The van der Waals surface area contributed by atoms with Gasteiger partial charge in [-0.2, -0.15) is 5.10 Å². The summed E-state index contributed by atoms with van der Waals surface area (Å²) in [6.45, 7) is 0.769. The van der Waals surface area contributed by atoms with Crippen molar-refractivity contribution in [3.8, 4) is 0 Å². The Kier molecular flexibility index (Phi) is 3.02. The number of hydrogen-bond acceptors (Lipinski definition) is 2. The van der Waals surface area contributed by atoms with Crippen LogP contribution in [0.2, 0.25) is 0 Å². The van der Waals surface area contributed by atoms with Crippen molar-refractivity contribution < 1.29 is 0 Å².